The molecule has 0 bridgehead atoms. The summed E-state index contributed by atoms with van der Waals surface area (Å²) in [6, 6.07) is 12.5. The van der Waals surface area contributed by atoms with Gasteiger partial charge >= 0.3 is 0 Å². The van der Waals surface area contributed by atoms with Crippen LogP contribution in [0.3, 0.4) is 0 Å². The second kappa shape index (κ2) is 9.55. The van der Waals surface area contributed by atoms with Crippen LogP contribution >= 0.6 is 0 Å². The highest BCUT2D eigenvalue weighted by Gasteiger charge is 2.38. The topological polar surface area (TPSA) is 56.6 Å². The van der Waals surface area contributed by atoms with Gasteiger partial charge in [0.1, 0.15) is 5.54 Å². The highest BCUT2D eigenvalue weighted by atomic mass is 16.5. The number of carbonyl (C=O) groups excluding carboxylic acids is 1. The molecule has 1 aromatic rings. The molecule has 0 atom stereocenters. The van der Waals surface area contributed by atoms with E-state index in [2.05, 4.69) is 23.1 Å². The van der Waals surface area contributed by atoms with Gasteiger partial charge in [0.25, 0.3) is 0 Å². The zero-order chi connectivity index (χ0) is 18.1. The van der Waals surface area contributed by atoms with E-state index < -0.39 is 5.54 Å². The summed E-state index contributed by atoms with van der Waals surface area (Å²) in [7, 11) is 3.45. The van der Waals surface area contributed by atoms with E-state index in [1.807, 2.05) is 18.2 Å². The summed E-state index contributed by atoms with van der Waals surface area (Å²) in [4.78, 5) is 16.6. The van der Waals surface area contributed by atoms with Gasteiger partial charge in [-0.15, -0.1) is 0 Å². The number of nitriles is 1. The highest BCUT2D eigenvalue weighted by molar-refractivity contribution is 5.79. The molecule has 0 spiro atoms. The fourth-order valence-electron chi connectivity index (χ4n) is 3.47. The minimum atomic E-state index is -0.630. The van der Waals surface area contributed by atoms with E-state index in [1.54, 1.807) is 19.1 Å². The molecule has 1 saturated carbocycles. The van der Waals surface area contributed by atoms with Gasteiger partial charge in [-0.25, -0.2) is 0 Å². The Labute approximate surface area is 151 Å². The third-order valence-corrected chi connectivity index (χ3v) is 5.12. The van der Waals surface area contributed by atoms with Crippen molar-refractivity contribution >= 4 is 5.91 Å². The Hall–Kier alpha value is -1.90. The minimum absolute atomic E-state index is 0.00971. The van der Waals surface area contributed by atoms with Crippen molar-refractivity contribution in [2.75, 3.05) is 33.9 Å². The molecule has 136 valence electrons. The third kappa shape index (κ3) is 5.29. The maximum atomic E-state index is 12.9. The van der Waals surface area contributed by atoms with Gasteiger partial charge in [-0.2, -0.15) is 5.26 Å². The first-order chi connectivity index (χ1) is 12.1. The molecule has 0 saturated heterocycles. The van der Waals surface area contributed by atoms with Crippen LogP contribution in [0.2, 0.25) is 0 Å². The molecule has 1 aromatic carbocycles. The summed E-state index contributed by atoms with van der Waals surface area (Å²) in [6.45, 7) is 2.26. The van der Waals surface area contributed by atoms with Crippen molar-refractivity contribution in [3.05, 3.63) is 35.9 Å². The van der Waals surface area contributed by atoms with E-state index in [1.165, 1.54) is 5.56 Å². The molecule has 0 unspecified atom stereocenters. The van der Waals surface area contributed by atoms with Crippen LogP contribution in [0.25, 0.3) is 0 Å². The van der Waals surface area contributed by atoms with Crippen LogP contribution in [-0.2, 0) is 16.1 Å². The molecule has 0 radical (unpaired) electrons. The first-order valence-corrected chi connectivity index (χ1v) is 9.04. The van der Waals surface area contributed by atoms with Crippen LogP contribution in [0.4, 0.5) is 0 Å². The van der Waals surface area contributed by atoms with Crippen molar-refractivity contribution in [2.24, 2.45) is 0 Å². The Bertz CT molecular complexity index is 576. The number of nitrogens with zero attached hydrogens (tertiary/aromatic N) is 3. The molecule has 0 heterocycles. The number of methoxy groups -OCH3 is 1. The van der Waals surface area contributed by atoms with Gasteiger partial charge in [0, 0.05) is 27.2 Å². The summed E-state index contributed by atoms with van der Waals surface area (Å²) in [5, 5.41) is 9.69. The molecule has 1 fully saturated rings. The van der Waals surface area contributed by atoms with E-state index in [0.29, 0.717) is 26.2 Å². The van der Waals surface area contributed by atoms with E-state index in [-0.39, 0.29) is 5.91 Å². The normalized spacial score (nSPS) is 16.4. The maximum absolute atomic E-state index is 12.9. The second-order valence-corrected chi connectivity index (χ2v) is 6.85. The zero-order valence-corrected chi connectivity index (χ0v) is 15.4. The molecule has 1 aliphatic carbocycles. The molecule has 1 amide bonds. The fraction of sp³-hybridized carbons (Fsp3) is 0.600. The lowest BCUT2D eigenvalue weighted by atomic mass is 9.81. The number of likely N-dealkylation sites (N-methyl/N-ethyl adjacent to an activating group) is 1. The molecule has 0 aliphatic heterocycles. The van der Waals surface area contributed by atoms with Gasteiger partial charge in [0.05, 0.1) is 19.2 Å². The lowest BCUT2D eigenvalue weighted by Gasteiger charge is -2.39. The Morgan fingerprint density at radius 2 is 1.92 bits per heavy atom. The predicted molar refractivity (Wildman–Crippen MR) is 97.8 cm³/mol. The van der Waals surface area contributed by atoms with E-state index >= 15 is 0 Å². The van der Waals surface area contributed by atoms with Crippen LogP contribution in [-0.4, -0.2) is 55.1 Å². The van der Waals surface area contributed by atoms with E-state index in [9.17, 15) is 10.1 Å². The zero-order valence-electron chi connectivity index (χ0n) is 15.4. The molecule has 0 aromatic heterocycles. The molecular formula is C20H29N3O2. The highest BCUT2D eigenvalue weighted by Crippen LogP contribution is 2.32. The van der Waals surface area contributed by atoms with Crippen molar-refractivity contribution in [1.29, 1.82) is 5.26 Å². The van der Waals surface area contributed by atoms with E-state index in [0.717, 1.165) is 32.1 Å². The molecular weight excluding hydrogens is 314 g/mol. The Morgan fingerprint density at radius 1 is 1.24 bits per heavy atom. The molecule has 2 rings (SSSR count). The molecule has 25 heavy (non-hydrogen) atoms. The average Bonchev–Trinajstić information content (AvgIpc) is 2.66. The summed E-state index contributed by atoms with van der Waals surface area (Å²) < 4.78 is 5.19. The molecule has 5 heteroatoms. The quantitative estimate of drug-likeness (QED) is 0.728. The van der Waals surface area contributed by atoms with Crippen LogP contribution in [0.5, 0.6) is 0 Å². The molecule has 1 aliphatic rings. The second-order valence-electron chi connectivity index (χ2n) is 6.85. The molecule has 5 nitrogen and oxygen atoms in total. The van der Waals surface area contributed by atoms with Crippen molar-refractivity contribution in [3.63, 3.8) is 0 Å². The first-order valence-electron chi connectivity index (χ1n) is 9.04. The van der Waals surface area contributed by atoms with E-state index in [4.69, 9.17) is 4.74 Å². The largest absolute Gasteiger partial charge is 0.383 e. The smallest absolute Gasteiger partial charge is 0.237 e. The summed E-state index contributed by atoms with van der Waals surface area (Å²) in [5.41, 5.74) is 0.538. The summed E-state index contributed by atoms with van der Waals surface area (Å²) >= 11 is 0. The van der Waals surface area contributed by atoms with Crippen molar-refractivity contribution < 1.29 is 9.53 Å². The van der Waals surface area contributed by atoms with Gasteiger partial charge in [-0.1, -0.05) is 49.6 Å². The number of hydrogen-bond acceptors (Lipinski definition) is 4. The fourth-order valence-corrected chi connectivity index (χ4v) is 3.47. The average molecular weight is 343 g/mol. The number of amides is 1. The number of ether oxygens (including phenoxy) is 1. The predicted octanol–water partition coefficient (Wildman–Crippen LogP) is 2.82. The van der Waals surface area contributed by atoms with Crippen LogP contribution in [0, 0.1) is 11.3 Å². The van der Waals surface area contributed by atoms with Crippen LogP contribution in [0.15, 0.2) is 30.3 Å². The lowest BCUT2D eigenvalue weighted by molar-refractivity contribution is -0.136. The van der Waals surface area contributed by atoms with Gasteiger partial charge in [-0.05, 0) is 18.4 Å². The van der Waals surface area contributed by atoms with Gasteiger partial charge in [-0.3, -0.25) is 9.69 Å². The Morgan fingerprint density at radius 3 is 2.52 bits per heavy atom. The van der Waals surface area contributed by atoms with Gasteiger partial charge in [0.15, 0.2) is 0 Å². The van der Waals surface area contributed by atoms with Crippen molar-refractivity contribution in [2.45, 2.75) is 44.2 Å². The standard InChI is InChI=1S/C20H29N3O2/c1-22(20(17-21)11-7-4-8-12-20)19(24)16-23(13-14-25-2)15-18-9-5-3-6-10-18/h3,5-6,9-10H,4,7-8,11-16H2,1-2H3. The first kappa shape index (κ1) is 19.4. The number of benzene rings is 1. The number of hydrogen-bond donors (Lipinski definition) is 0. The van der Waals surface area contributed by atoms with Crippen molar-refractivity contribution in [3.8, 4) is 6.07 Å². The van der Waals surface area contributed by atoms with Gasteiger partial charge in [0.2, 0.25) is 5.91 Å². The van der Waals surface area contributed by atoms with Gasteiger partial charge < -0.3 is 9.64 Å². The minimum Gasteiger partial charge on any atom is -0.383 e. The summed E-state index contributed by atoms with van der Waals surface area (Å²) in [6.07, 6.45) is 4.75. The maximum Gasteiger partial charge on any atom is 0.237 e. The number of rotatable bonds is 8. The van der Waals surface area contributed by atoms with Crippen molar-refractivity contribution in [1.82, 2.24) is 9.80 Å². The molecule has 0 N–H and O–H groups in total. The van der Waals surface area contributed by atoms with Crippen LogP contribution in [0.1, 0.15) is 37.7 Å². The SMILES string of the molecule is COCCN(CC(=O)N(C)C1(C#N)CCCCC1)Cc1ccccc1. The Balaban J connectivity index is 2.03. The van der Waals surface area contributed by atoms with Crippen LogP contribution < -0.4 is 0 Å². The summed E-state index contributed by atoms with van der Waals surface area (Å²) in [5.74, 6) is 0.00971. The Kier molecular flexibility index (Phi) is 7.42. The third-order valence-electron chi connectivity index (χ3n) is 5.12. The monoisotopic (exact) mass is 343 g/mol. The number of carbonyl (C=O) groups is 1. The lowest BCUT2D eigenvalue weighted by Crippen LogP contribution is -2.52.